The van der Waals surface area contributed by atoms with Gasteiger partial charge in [0, 0.05) is 18.1 Å². The average Bonchev–Trinajstić information content (AvgIpc) is 2.91. The monoisotopic (exact) mass is 385 g/mol. The molecule has 4 rings (SSSR count). The van der Waals surface area contributed by atoms with Crippen LogP contribution in [0.15, 0.2) is 41.6 Å². The van der Waals surface area contributed by atoms with E-state index in [0.717, 1.165) is 44.5 Å². The van der Waals surface area contributed by atoms with Gasteiger partial charge in [-0.3, -0.25) is 14.2 Å². The number of carbonyl (C=O) groups excluding carboxylic acids is 1. The van der Waals surface area contributed by atoms with E-state index in [1.807, 2.05) is 17.0 Å². The zero-order chi connectivity index (χ0) is 18.8. The van der Waals surface area contributed by atoms with E-state index < -0.39 is 0 Å². The van der Waals surface area contributed by atoms with Gasteiger partial charge in [-0.15, -0.1) is 0 Å². The summed E-state index contributed by atoms with van der Waals surface area (Å²) in [5.41, 5.74) is 0.962. The van der Waals surface area contributed by atoms with Crippen molar-refractivity contribution in [3.05, 3.63) is 52.2 Å². The predicted molar refractivity (Wildman–Crippen MR) is 103 cm³/mol. The molecule has 0 N–H and O–H groups in total. The van der Waals surface area contributed by atoms with Crippen molar-refractivity contribution in [3.63, 3.8) is 0 Å². The van der Waals surface area contributed by atoms with Gasteiger partial charge in [0.2, 0.25) is 5.91 Å². The highest BCUT2D eigenvalue weighted by molar-refractivity contribution is 6.30. The van der Waals surface area contributed by atoms with E-state index in [4.69, 9.17) is 11.6 Å². The number of aromatic nitrogens is 4. The van der Waals surface area contributed by atoms with Crippen LogP contribution in [0.3, 0.4) is 0 Å². The minimum Gasteiger partial charge on any atom is -0.341 e. The minimum absolute atomic E-state index is 0.00784. The molecule has 140 valence electrons. The Morgan fingerprint density at radius 2 is 1.78 bits per heavy atom. The molecule has 8 heteroatoms. The molecule has 1 aromatic carbocycles. The topological polar surface area (TPSA) is 73.0 Å². The van der Waals surface area contributed by atoms with Gasteiger partial charge in [-0.05, 0) is 37.1 Å². The van der Waals surface area contributed by atoms with Gasteiger partial charge < -0.3 is 4.90 Å². The van der Waals surface area contributed by atoms with Gasteiger partial charge >= 0.3 is 0 Å². The van der Waals surface area contributed by atoms with Gasteiger partial charge in [-0.1, -0.05) is 24.4 Å². The van der Waals surface area contributed by atoms with E-state index in [-0.39, 0.29) is 18.0 Å². The Kier molecular flexibility index (Phi) is 4.94. The molecule has 0 bridgehead atoms. The molecule has 0 saturated carbocycles. The van der Waals surface area contributed by atoms with Crippen molar-refractivity contribution >= 4 is 28.5 Å². The fraction of sp³-hybridized carbons (Fsp3) is 0.368. The third-order valence-electron chi connectivity index (χ3n) is 4.89. The molecule has 1 aliphatic rings. The molecular weight excluding hydrogens is 366 g/mol. The van der Waals surface area contributed by atoms with Crippen molar-refractivity contribution in [1.82, 2.24) is 24.2 Å². The normalized spacial score (nSPS) is 15.1. The second kappa shape index (κ2) is 7.52. The number of likely N-dealkylation sites (tertiary alicyclic amines) is 1. The molecule has 0 radical (unpaired) electrons. The first kappa shape index (κ1) is 17.7. The molecule has 0 aliphatic carbocycles. The maximum absolute atomic E-state index is 12.8. The molecule has 7 nitrogen and oxygen atoms in total. The average molecular weight is 386 g/mol. The van der Waals surface area contributed by atoms with Crippen molar-refractivity contribution in [2.45, 2.75) is 32.2 Å². The van der Waals surface area contributed by atoms with Gasteiger partial charge in [0.05, 0.1) is 11.9 Å². The smallest absolute Gasteiger partial charge is 0.264 e. The highest BCUT2D eigenvalue weighted by Crippen LogP contribution is 2.16. The predicted octanol–water partition coefficient (Wildman–Crippen LogP) is 2.64. The molecule has 1 amide bonds. The summed E-state index contributed by atoms with van der Waals surface area (Å²) >= 11 is 5.93. The summed E-state index contributed by atoms with van der Waals surface area (Å²) in [4.78, 5) is 31.6. The summed E-state index contributed by atoms with van der Waals surface area (Å²) in [5.74, 6) is -0.0368. The number of hydrogen-bond donors (Lipinski definition) is 0. The molecule has 0 spiro atoms. The zero-order valence-electron chi connectivity index (χ0n) is 14.8. The second-order valence-corrected chi connectivity index (χ2v) is 7.18. The summed E-state index contributed by atoms with van der Waals surface area (Å²) < 4.78 is 2.96. The molecule has 27 heavy (non-hydrogen) atoms. The van der Waals surface area contributed by atoms with Crippen LogP contribution in [0, 0.1) is 0 Å². The van der Waals surface area contributed by atoms with Crippen LogP contribution in [0.25, 0.3) is 16.7 Å². The Morgan fingerprint density at radius 3 is 2.48 bits per heavy atom. The van der Waals surface area contributed by atoms with Crippen LogP contribution in [0.1, 0.15) is 25.7 Å². The zero-order valence-corrected chi connectivity index (χ0v) is 15.6. The number of hydrogen-bond acceptors (Lipinski definition) is 4. The lowest BCUT2D eigenvalue weighted by atomic mass is 10.2. The maximum Gasteiger partial charge on any atom is 0.264 e. The first-order valence-corrected chi connectivity index (χ1v) is 9.48. The lowest BCUT2D eigenvalue weighted by molar-refractivity contribution is -0.131. The molecule has 3 heterocycles. The molecule has 1 fully saturated rings. The quantitative estimate of drug-likeness (QED) is 0.694. The summed E-state index contributed by atoms with van der Waals surface area (Å²) in [6.07, 6.45) is 7.26. The van der Waals surface area contributed by atoms with Crippen molar-refractivity contribution in [2.24, 2.45) is 0 Å². The Hall–Kier alpha value is -2.67. The summed E-state index contributed by atoms with van der Waals surface area (Å²) in [7, 11) is 0. The SMILES string of the molecule is O=C(Cn1cnc2c(cnn2-c2ccc(Cl)cc2)c1=O)N1CCCCCC1. The molecule has 3 aromatic rings. The molecule has 0 atom stereocenters. The minimum atomic E-state index is -0.261. The summed E-state index contributed by atoms with van der Waals surface area (Å²) in [6, 6.07) is 7.13. The fourth-order valence-electron chi connectivity index (χ4n) is 3.40. The van der Waals surface area contributed by atoms with Crippen LogP contribution in [0.4, 0.5) is 0 Å². The number of halogens is 1. The van der Waals surface area contributed by atoms with Gasteiger partial charge in [0.15, 0.2) is 5.65 Å². The van der Waals surface area contributed by atoms with Crippen LogP contribution in [0.5, 0.6) is 0 Å². The van der Waals surface area contributed by atoms with Gasteiger partial charge in [0.1, 0.15) is 18.3 Å². The molecule has 1 aliphatic heterocycles. The highest BCUT2D eigenvalue weighted by atomic mass is 35.5. The van der Waals surface area contributed by atoms with E-state index in [0.29, 0.717) is 16.1 Å². The van der Waals surface area contributed by atoms with E-state index in [1.54, 1.807) is 16.8 Å². The Balaban J connectivity index is 1.62. The molecule has 2 aromatic heterocycles. The lowest BCUT2D eigenvalue weighted by Crippen LogP contribution is -2.37. The standard InChI is InChI=1S/C19H20ClN5O2/c20-14-5-7-15(8-6-14)25-18-16(11-22-25)19(27)24(13-21-18)12-17(26)23-9-3-1-2-4-10-23/h5-8,11,13H,1-4,9-10,12H2. The maximum atomic E-state index is 12.8. The summed E-state index contributed by atoms with van der Waals surface area (Å²) in [5, 5.41) is 5.29. The first-order chi connectivity index (χ1) is 13.1. The fourth-order valence-corrected chi connectivity index (χ4v) is 3.52. The van der Waals surface area contributed by atoms with Crippen LogP contribution >= 0.6 is 11.6 Å². The van der Waals surface area contributed by atoms with Gasteiger partial charge in [0.25, 0.3) is 5.56 Å². The van der Waals surface area contributed by atoms with Gasteiger partial charge in [-0.2, -0.15) is 5.10 Å². The molecular formula is C19H20ClN5O2. The van der Waals surface area contributed by atoms with Gasteiger partial charge in [-0.25, -0.2) is 9.67 Å². The van der Waals surface area contributed by atoms with Crippen LogP contribution in [-0.4, -0.2) is 43.2 Å². The van der Waals surface area contributed by atoms with E-state index in [1.165, 1.54) is 17.1 Å². The number of carbonyl (C=O) groups is 1. The van der Waals surface area contributed by atoms with E-state index >= 15 is 0 Å². The highest BCUT2D eigenvalue weighted by Gasteiger charge is 2.18. The van der Waals surface area contributed by atoms with Crippen LogP contribution in [-0.2, 0) is 11.3 Å². The third kappa shape index (κ3) is 3.60. The number of amides is 1. The Labute approximate surface area is 161 Å². The first-order valence-electron chi connectivity index (χ1n) is 9.10. The van der Waals surface area contributed by atoms with Crippen LogP contribution in [0.2, 0.25) is 5.02 Å². The largest absolute Gasteiger partial charge is 0.341 e. The second-order valence-electron chi connectivity index (χ2n) is 6.74. The molecule has 1 saturated heterocycles. The van der Waals surface area contributed by atoms with E-state index in [2.05, 4.69) is 10.1 Å². The number of rotatable bonds is 3. The van der Waals surface area contributed by atoms with Crippen LogP contribution < -0.4 is 5.56 Å². The molecule has 0 unspecified atom stereocenters. The van der Waals surface area contributed by atoms with Crippen molar-refractivity contribution in [3.8, 4) is 5.69 Å². The lowest BCUT2D eigenvalue weighted by Gasteiger charge is -2.20. The Morgan fingerprint density at radius 1 is 1.07 bits per heavy atom. The number of fused-ring (bicyclic) bond motifs is 1. The van der Waals surface area contributed by atoms with Crippen molar-refractivity contribution < 1.29 is 4.79 Å². The Bertz CT molecular complexity index is 1020. The third-order valence-corrected chi connectivity index (χ3v) is 5.14. The van der Waals surface area contributed by atoms with Crippen molar-refractivity contribution in [1.29, 1.82) is 0 Å². The number of benzene rings is 1. The van der Waals surface area contributed by atoms with E-state index in [9.17, 15) is 9.59 Å². The summed E-state index contributed by atoms with van der Waals surface area (Å²) in [6.45, 7) is 1.53. The number of nitrogens with zero attached hydrogens (tertiary/aromatic N) is 5. The van der Waals surface area contributed by atoms with Crippen molar-refractivity contribution in [2.75, 3.05) is 13.1 Å².